The molecule has 0 aliphatic rings. The Morgan fingerprint density at radius 2 is 1.76 bits per heavy atom. The first-order chi connectivity index (χ1) is 10.1. The second kappa shape index (κ2) is 6.90. The summed E-state index contributed by atoms with van der Waals surface area (Å²) in [5.74, 6) is -0.158. The van der Waals surface area contributed by atoms with E-state index in [2.05, 4.69) is 6.92 Å². The Balaban J connectivity index is 1.95. The molecule has 0 bridgehead atoms. The molecule has 0 fully saturated rings. The van der Waals surface area contributed by atoms with Crippen LogP contribution in [0.4, 0.5) is 0 Å². The zero-order valence-corrected chi connectivity index (χ0v) is 12.0. The molecule has 4 nitrogen and oxygen atoms in total. The first kappa shape index (κ1) is 15.1. The van der Waals surface area contributed by atoms with Crippen molar-refractivity contribution in [3.63, 3.8) is 0 Å². The third-order valence-corrected chi connectivity index (χ3v) is 3.35. The molecule has 0 aliphatic carbocycles. The molecule has 0 aromatic heterocycles. The van der Waals surface area contributed by atoms with Crippen LogP contribution in [-0.4, -0.2) is 11.1 Å². The summed E-state index contributed by atoms with van der Waals surface area (Å²) in [6, 6.07) is 14.5. The van der Waals surface area contributed by atoms with Crippen molar-refractivity contribution in [1.29, 1.82) is 0 Å². The zero-order chi connectivity index (χ0) is 15.2. The van der Waals surface area contributed by atoms with Crippen molar-refractivity contribution in [1.82, 2.24) is 0 Å². The highest BCUT2D eigenvalue weighted by atomic mass is 16.5. The maximum atomic E-state index is 10.8. The molecule has 0 saturated heterocycles. The molecule has 0 heterocycles. The summed E-state index contributed by atoms with van der Waals surface area (Å²) in [5.41, 5.74) is 8.25. The van der Waals surface area contributed by atoms with E-state index in [1.807, 2.05) is 24.3 Å². The van der Waals surface area contributed by atoms with E-state index in [4.69, 9.17) is 15.6 Å². The Morgan fingerprint density at radius 3 is 2.29 bits per heavy atom. The van der Waals surface area contributed by atoms with Crippen LogP contribution < -0.4 is 10.5 Å². The maximum absolute atomic E-state index is 10.8. The van der Waals surface area contributed by atoms with Crippen LogP contribution in [0.3, 0.4) is 0 Å². The van der Waals surface area contributed by atoms with E-state index in [1.165, 1.54) is 0 Å². The van der Waals surface area contributed by atoms with Gasteiger partial charge >= 0.3 is 5.97 Å². The molecule has 0 aliphatic heterocycles. The molecular formula is C17H19NO3. The van der Waals surface area contributed by atoms with E-state index in [-0.39, 0.29) is 11.6 Å². The standard InChI is InChI=1S/C17H19NO3/c1-2-16(18)13-7-9-15(10-8-13)21-11-12-3-5-14(6-4-12)17(19)20/h3-10,16H,2,11,18H2,1H3,(H,19,20)/t16-/m0/s1. The van der Waals surface area contributed by atoms with Crippen molar-refractivity contribution < 1.29 is 14.6 Å². The van der Waals surface area contributed by atoms with Gasteiger partial charge in [0.05, 0.1) is 5.56 Å². The number of benzene rings is 2. The van der Waals surface area contributed by atoms with Crippen molar-refractivity contribution in [2.24, 2.45) is 5.73 Å². The highest BCUT2D eigenvalue weighted by Gasteiger charge is 2.04. The molecule has 110 valence electrons. The summed E-state index contributed by atoms with van der Waals surface area (Å²) < 4.78 is 5.67. The van der Waals surface area contributed by atoms with Crippen LogP contribution in [0.2, 0.25) is 0 Å². The summed E-state index contributed by atoms with van der Waals surface area (Å²) in [6.07, 6.45) is 0.899. The zero-order valence-electron chi connectivity index (χ0n) is 12.0. The van der Waals surface area contributed by atoms with Crippen molar-refractivity contribution in [2.45, 2.75) is 26.0 Å². The highest BCUT2D eigenvalue weighted by molar-refractivity contribution is 5.87. The number of aromatic carboxylic acids is 1. The Hall–Kier alpha value is -2.33. The lowest BCUT2D eigenvalue weighted by atomic mass is 10.1. The van der Waals surface area contributed by atoms with Crippen LogP contribution in [0.25, 0.3) is 0 Å². The molecule has 2 aromatic rings. The average Bonchev–Trinajstić information content (AvgIpc) is 2.53. The molecule has 0 amide bonds. The quantitative estimate of drug-likeness (QED) is 0.853. The average molecular weight is 285 g/mol. The van der Waals surface area contributed by atoms with Crippen LogP contribution in [-0.2, 0) is 6.61 Å². The van der Waals surface area contributed by atoms with E-state index >= 15 is 0 Å². The third-order valence-electron chi connectivity index (χ3n) is 3.35. The third kappa shape index (κ3) is 4.07. The largest absolute Gasteiger partial charge is 0.489 e. The van der Waals surface area contributed by atoms with Crippen LogP contribution in [0.15, 0.2) is 48.5 Å². The summed E-state index contributed by atoms with van der Waals surface area (Å²) in [4.78, 5) is 10.8. The number of nitrogens with two attached hydrogens (primary N) is 1. The van der Waals surface area contributed by atoms with Gasteiger partial charge in [-0.05, 0) is 41.8 Å². The van der Waals surface area contributed by atoms with Gasteiger partial charge in [0, 0.05) is 6.04 Å². The van der Waals surface area contributed by atoms with Crippen LogP contribution in [0, 0.1) is 0 Å². The van der Waals surface area contributed by atoms with Gasteiger partial charge < -0.3 is 15.6 Å². The topological polar surface area (TPSA) is 72.5 Å². The van der Waals surface area contributed by atoms with Crippen molar-refractivity contribution >= 4 is 5.97 Å². The maximum Gasteiger partial charge on any atom is 0.335 e. The van der Waals surface area contributed by atoms with Crippen molar-refractivity contribution in [3.8, 4) is 5.75 Å². The molecule has 0 unspecified atom stereocenters. The molecule has 21 heavy (non-hydrogen) atoms. The fourth-order valence-electron chi connectivity index (χ4n) is 1.96. The van der Waals surface area contributed by atoms with Crippen molar-refractivity contribution in [2.75, 3.05) is 0 Å². The minimum Gasteiger partial charge on any atom is -0.489 e. The van der Waals surface area contributed by atoms with Crippen LogP contribution >= 0.6 is 0 Å². The molecule has 2 rings (SSSR count). The van der Waals surface area contributed by atoms with E-state index < -0.39 is 5.97 Å². The van der Waals surface area contributed by atoms with Crippen molar-refractivity contribution in [3.05, 3.63) is 65.2 Å². The molecule has 2 aromatic carbocycles. The fourth-order valence-corrected chi connectivity index (χ4v) is 1.96. The minimum absolute atomic E-state index is 0.0580. The molecule has 0 radical (unpaired) electrons. The fraction of sp³-hybridized carbons (Fsp3) is 0.235. The van der Waals surface area contributed by atoms with Gasteiger partial charge in [0.1, 0.15) is 12.4 Å². The lowest BCUT2D eigenvalue weighted by Crippen LogP contribution is -2.08. The smallest absolute Gasteiger partial charge is 0.335 e. The molecular weight excluding hydrogens is 266 g/mol. The van der Waals surface area contributed by atoms with Gasteiger partial charge in [0.15, 0.2) is 0 Å². The van der Waals surface area contributed by atoms with Gasteiger partial charge in [-0.3, -0.25) is 0 Å². The lowest BCUT2D eigenvalue weighted by molar-refractivity contribution is 0.0697. The minimum atomic E-state index is -0.926. The van der Waals surface area contributed by atoms with Gasteiger partial charge in [-0.2, -0.15) is 0 Å². The van der Waals surface area contributed by atoms with Crippen LogP contribution in [0.5, 0.6) is 5.75 Å². The van der Waals surface area contributed by atoms with E-state index in [0.29, 0.717) is 6.61 Å². The monoisotopic (exact) mass is 285 g/mol. The first-order valence-corrected chi connectivity index (χ1v) is 6.90. The summed E-state index contributed by atoms with van der Waals surface area (Å²) in [5, 5.41) is 8.83. The number of rotatable bonds is 6. The van der Waals surface area contributed by atoms with Gasteiger partial charge in [0.2, 0.25) is 0 Å². The second-order valence-electron chi connectivity index (χ2n) is 4.87. The second-order valence-corrected chi connectivity index (χ2v) is 4.87. The predicted octanol–water partition coefficient (Wildman–Crippen LogP) is 3.37. The SMILES string of the molecule is CC[C@H](N)c1ccc(OCc2ccc(C(=O)O)cc2)cc1. The molecule has 3 N–H and O–H groups in total. The Labute approximate surface area is 124 Å². The Morgan fingerprint density at radius 1 is 1.14 bits per heavy atom. The molecule has 0 spiro atoms. The van der Waals surface area contributed by atoms with Gasteiger partial charge in [0.25, 0.3) is 0 Å². The van der Waals surface area contributed by atoms with Gasteiger partial charge in [-0.1, -0.05) is 31.2 Å². The Bertz CT molecular complexity index is 590. The van der Waals surface area contributed by atoms with Crippen LogP contribution in [0.1, 0.15) is 40.9 Å². The number of carboxylic acid groups (broad SMARTS) is 1. The molecule has 0 saturated carbocycles. The summed E-state index contributed by atoms with van der Waals surface area (Å²) in [7, 11) is 0. The van der Waals surface area contributed by atoms with Gasteiger partial charge in [-0.15, -0.1) is 0 Å². The molecule has 4 heteroatoms. The number of carboxylic acids is 1. The number of hydrogen-bond acceptors (Lipinski definition) is 3. The highest BCUT2D eigenvalue weighted by Crippen LogP contribution is 2.19. The number of ether oxygens (including phenoxy) is 1. The number of hydrogen-bond donors (Lipinski definition) is 2. The lowest BCUT2D eigenvalue weighted by Gasteiger charge is -2.11. The van der Waals surface area contributed by atoms with E-state index in [1.54, 1.807) is 24.3 Å². The van der Waals surface area contributed by atoms with Gasteiger partial charge in [-0.25, -0.2) is 4.79 Å². The van der Waals surface area contributed by atoms with E-state index in [9.17, 15) is 4.79 Å². The molecule has 1 atom stereocenters. The summed E-state index contributed by atoms with van der Waals surface area (Å²) in [6.45, 7) is 2.45. The Kier molecular flexibility index (Phi) is 4.95. The predicted molar refractivity (Wildman–Crippen MR) is 81.4 cm³/mol. The van der Waals surface area contributed by atoms with E-state index in [0.717, 1.165) is 23.3 Å². The first-order valence-electron chi connectivity index (χ1n) is 6.90. The number of carbonyl (C=O) groups is 1. The normalized spacial score (nSPS) is 11.9. The summed E-state index contributed by atoms with van der Waals surface area (Å²) >= 11 is 0.